The van der Waals surface area contributed by atoms with E-state index in [0.717, 1.165) is 17.7 Å². The molecule has 3 aromatic heterocycles. The molecule has 0 saturated carbocycles. The minimum atomic E-state index is 0.456. The highest BCUT2D eigenvalue weighted by Gasteiger charge is 2.21. The molecule has 0 saturated heterocycles. The summed E-state index contributed by atoms with van der Waals surface area (Å²) in [6.07, 6.45) is 3.87. The maximum atomic E-state index is 5.85. The smallest absolute Gasteiger partial charge is 0.266 e. The van der Waals surface area contributed by atoms with Gasteiger partial charge in [-0.1, -0.05) is 30.3 Å². The van der Waals surface area contributed by atoms with E-state index in [9.17, 15) is 0 Å². The summed E-state index contributed by atoms with van der Waals surface area (Å²) < 4.78 is 5.85. The van der Waals surface area contributed by atoms with Crippen molar-refractivity contribution in [3.63, 3.8) is 0 Å². The maximum Gasteiger partial charge on any atom is 0.266 e. The molecule has 4 nitrogen and oxygen atoms in total. The van der Waals surface area contributed by atoms with Crippen LogP contribution < -0.4 is 0 Å². The Morgan fingerprint density at radius 3 is 2.62 bits per heavy atom. The predicted octanol–water partition coefficient (Wildman–Crippen LogP) is 4.63. The third-order valence-electron chi connectivity index (χ3n) is 4.25. The summed E-state index contributed by atoms with van der Waals surface area (Å²) >= 11 is 1.72. The fraction of sp³-hybridized carbons (Fsp3) is 0.105. The van der Waals surface area contributed by atoms with Gasteiger partial charge in [0.2, 0.25) is 0 Å². The summed E-state index contributed by atoms with van der Waals surface area (Å²) in [7, 11) is 0. The van der Waals surface area contributed by atoms with E-state index in [2.05, 4.69) is 45.5 Å². The van der Waals surface area contributed by atoms with Gasteiger partial charge in [0.25, 0.3) is 11.8 Å². The lowest BCUT2D eigenvalue weighted by Crippen LogP contribution is -2.00. The number of benzene rings is 1. The van der Waals surface area contributed by atoms with Gasteiger partial charge in [-0.05, 0) is 47.7 Å². The number of aryl methyl sites for hydroxylation is 2. The summed E-state index contributed by atoms with van der Waals surface area (Å²) in [4.78, 5) is 6.60. The second kappa shape index (κ2) is 5.39. The van der Waals surface area contributed by atoms with Crippen LogP contribution in [0.4, 0.5) is 0 Å². The van der Waals surface area contributed by atoms with E-state index in [4.69, 9.17) is 4.42 Å². The first-order chi connectivity index (χ1) is 11.9. The monoisotopic (exact) mass is 331 g/mol. The van der Waals surface area contributed by atoms with E-state index in [-0.39, 0.29) is 0 Å². The van der Waals surface area contributed by atoms with Crippen LogP contribution in [-0.2, 0) is 12.8 Å². The molecule has 0 spiro atoms. The van der Waals surface area contributed by atoms with E-state index >= 15 is 0 Å². The van der Waals surface area contributed by atoms with Crippen molar-refractivity contribution in [2.24, 2.45) is 0 Å². The number of fused-ring (bicyclic) bond motifs is 3. The lowest BCUT2D eigenvalue weighted by Gasteiger charge is -2.15. The Hall–Kier alpha value is -2.79. The van der Waals surface area contributed by atoms with Gasteiger partial charge in [0.05, 0.1) is 4.88 Å². The first-order valence-electron chi connectivity index (χ1n) is 7.85. The van der Waals surface area contributed by atoms with E-state index in [1.165, 1.54) is 21.6 Å². The Balaban J connectivity index is 1.56. The van der Waals surface area contributed by atoms with Crippen LogP contribution in [0.5, 0.6) is 0 Å². The second-order valence-electron chi connectivity index (χ2n) is 5.75. The zero-order chi connectivity index (χ0) is 15.9. The topological polar surface area (TPSA) is 51.8 Å². The van der Waals surface area contributed by atoms with Crippen LogP contribution in [-0.4, -0.2) is 15.2 Å². The van der Waals surface area contributed by atoms with Crippen molar-refractivity contribution >= 4 is 11.3 Å². The van der Waals surface area contributed by atoms with Crippen molar-refractivity contribution < 1.29 is 4.42 Å². The molecule has 5 rings (SSSR count). The molecule has 0 aliphatic heterocycles. The zero-order valence-electron chi connectivity index (χ0n) is 12.8. The highest BCUT2D eigenvalue weighted by atomic mass is 32.1. The third kappa shape index (κ3) is 2.17. The maximum absolute atomic E-state index is 5.85. The molecule has 0 amide bonds. The standard InChI is InChI=1S/C19H13N3OS/c1-2-6-14-12(5-1)8-9-13-11-16(24-17(13)14)19-22-21-18(23-19)15-7-3-4-10-20-15/h1-7,10-11H,8-9H2. The zero-order valence-corrected chi connectivity index (χ0v) is 13.6. The number of aromatic nitrogens is 3. The number of thiophene rings is 1. The van der Waals surface area contributed by atoms with E-state index in [1.807, 2.05) is 18.2 Å². The van der Waals surface area contributed by atoms with Crippen LogP contribution in [0.3, 0.4) is 0 Å². The molecule has 5 heteroatoms. The van der Waals surface area contributed by atoms with Crippen LogP contribution in [0, 0.1) is 0 Å². The molecule has 3 heterocycles. The van der Waals surface area contributed by atoms with Gasteiger partial charge in [0, 0.05) is 11.1 Å². The van der Waals surface area contributed by atoms with Crippen molar-refractivity contribution in [3.8, 4) is 32.8 Å². The highest BCUT2D eigenvalue weighted by Crippen LogP contribution is 2.42. The van der Waals surface area contributed by atoms with Crippen molar-refractivity contribution in [3.05, 3.63) is 65.9 Å². The molecule has 0 N–H and O–H groups in total. The lowest BCUT2D eigenvalue weighted by molar-refractivity contribution is 0.583. The Morgan fingerprint density at radius 1 is 0.875 bits per heavy atom. The van der Waals surface area contributed by atoms with Crippen LogP contribution in [0.15, 0.2) is 59.1 Å². The molecule has 1 aromatic carbocycles. The van der Waals surface area contributed by atoms with Crippen LogP contribution in [0.2, 0.25) is 0 Å². The molecule has 4 aromatic rings. The van der Waals surface area contributed by atoms with Crippen LogP contribution >= 0.6 is 11.3 Å². The van der Waals surface area contributed by atoms with Crippen molar-refractivity contribution in [2.75, 3.05) is 0 Å². The number of pyridine rings is 1. The average Bonchev–Trinajstić information content (AvgIpc) is 3.29. The molecule has 0 atom stereocenters. The molecule has 0 unspecified atom stereocenters. The molecule has 0 radical (unpaired) electrons. The molecule has 0 fully saturated rings. The molecule has 1 aliphatic carbocycles. The lowest BCUT2D eigenvalue weighted by atomic mass is 9.91. The second-order valence-corrected chi connectivity index (χ2v) is 6.80. The minimum absolute atomic E-state index is 0.456. The summed E-state index contributed by atoms with van der Waals surface area (Å²) in [6, 6.07) is 16.4. The molecular formula is C19H13N3OS. The van der Waals surface area contributed by atoms with Crippen molar-refractivity contribution in [1.82, 2.24) is 15.2 Å². The summed E-state index contributed by atoms with van der Waals surface area (Å²) in [5, 5.41) is 8.36. The number of hydrogen-bond acceptors (Lipinski definition) is 5. The SMILES string of the molecule is c1ccc(-c2nnc(-c3cc4c(s3)-c3ccccc3CC4)o2)nc1. The van der Waals surface area contributed by atoms with Gasteiger partial charge >= 0.3 is 0 Å². The van der Waals surface area contributed by atoms with E-state index in [1.54, 1.807) is 17.5 Å². The predicted molar refractivity (Wildman–Crippen MR) is 93.7 cm³/mol. The normalized spacial score (nSPS) is 12.7. The van der Waals surface area contributed by atoms with Crippen LogP contribution in [0.1, 0.15) is 11.1 Å². The van der Waals surface area contributed by atoms with Crippen molar-refractivity contribution in [2.45, 2.75) is 12.8 Å². The largest absolute Gasteiger partial charge is 0.414 e. The van der Waals surface area contributed by atoms with Gasteiger partial charge < -0.3 is 4.42 Å². The fourth-order valence-electron chi connectivity index (χ4n) is 3.09. The Kier molecular flexibility index (Phi) is 3.06. The first-order valence-corrected chi connectivity index (χ1v) is 8.66. The van der Waals surface area contributed by atoms with E-state index < -0.39 is 0 Å². The third-order valence-corrected chi connectivity index (χ3v) is 5.45. The summed E-state index contributed by atoms with van der Waals surface area (Å²) in [6.45, 7) is 0. The van der Waals surface area contributed by atoms with Gasteiger partial charge in [-0.2, -0.15) is 0 Å². The van der Waals surface area contributed by atoms with Crippen LogP contribution in [0.25, 0.3) is 32.8 Å². The molecule has 116 valence electrons. The highest BCUT2D eigenvalue weighted by molar-refractivity contribution is 7.19. The van der Waals surface area contributed by atoms with Crippen molar-refractivity contribution in [1.29, 1.82) is 0 Å². The molecular weight excluding hydrogens is 318 g/mol. The number of rotatable bonds is 2. The molecule has 1 aliphatic rings. The quantitative estimate of drug-likeness (QED) is 0.537. The molecule has 0 bridgehead atoms. The van der Waals surface area contributed by atoms with Gasteiger partial charge in [-0.25, -0.2) is 0 Å². The Labute approximate surface area is 142 Å². The Bertz CT molecular complexity index is 1020. The first kappa shape index (κ1) is 13.6. The minimum Gasteiger partial charge on any atom is -0.414 e. The Morgan fingerprint density at radius 2 is 1.71 bits per heavy atom. The number of nitrogens with zero attached hydrogens (tertiary/aromatic N) is 3. The summed E-state index contributed by atoms with van der Waals surface area (Å²) in [5.74, 6) is 1.02. The van der Waals surface area contributed by atoms with Gasteiger partial charge in [0.1, 0.15) is 5.69 Å². The average molecular weight is 331 g/mol. The number of hydrogen-bond donors (Lipinski definition) is 0. The fourth-order valence-corrected chi connectivity index (χ4v) is 4.28. The van der Waals surface area contributed by atoms with Gasteiger partial charge in [-0.3, -0.25) is 4.98 Å². The van der Waals surface area contributed by atoms with Gasteiger partial charge in [-0.15, -0.1) is 21.5 Å². The van der Waals surface area contributed by atoms with E-state index in [0.29, 0.717) is 17.5 Å². The molecule has 24 heavy (non-hydrogen) atoms. The summed E-state index contributed by atoms with van der Waals surface area (Å²) in [5.41, 5.74) is 4.81. The van der Waals surface area contributed by atoms with Gasteiger partial charge in [0.15, 0.2) is 0 Å².